The van der Waals surface area contributed by atoms with E-state index in [1.54, 1.807) is 0 Å². The Morgan fingerprint density at radius 3 is 2.58 bits per heavy atom. The van der Waals surface area contributed by atoms with Crippen LogP contribution >= 0.6 is 7.82 Å². The van der Waals surface area contributed by atoms with Gasteiger partial charge in [-0.3, -0.25) is 4.52 Å². The van der Waals surface area contributed by atoms with Gasteiger partial charge in [-0.2, -0.15) is 0 Å². The topological polar surface area (TPSA) is 66.8 Å². The van der Waals surface area contributed by atoms with Gasteiger partial charge in [0.15, 0.2) is 0 Å². The maximum absolute atomic E-state index is 10.4. The number of terminal acetylenes is 1. The van der Waals surface area contributed by atoms with E-state index in [1.807, 2.05) is 0 Å². The minimum atomic E-state index is -4.52. The van der Waals surface area contributed by atoms with Crippen molar-refractivity contribution in [3.63, 3.8) is 0 Å². The Labute approximate surface area is 71.5 Å². The highest BCUT2D eigenvalue weighted by Crippen LogP contribution is 2.42. The lowest BCUT2D eigenvalue weighted by Crippen LogP contribution is -2.24. The summed E-state index contributed by atoms with van der Waals surface area (Å²) >= 11 is 0. The molecule has 0 fully saturated rings. The Kier molecular flexibility index (Phi) is 3.69. The van der Waals surface area contributed by atoms with Gasteiger partial charge in [0.1, 0.15) is 5.60 Å². The van der Waals surface area contributed by atoms with Crippen LogP contribution < -0.4 is 0 Å². The zero-order valence-corrected chi connectivity index (χ0v) is 7.62. The third kappa shape index (κ3) is 4.32. The number of rotatable bonds is 4. The predicted octanol–water partition coefficient (Wildman–Crippen LogP) is 1.06. The molecule has 0 saturated heterocycles. The highest BCUT2D eigenvalue weighted by molar-refractivity contribution is 7.46. The second-order valence-electron chi connectivity index (χ2n) is 2.45. The Balaban J connectivity index is 4.47. The van der Waals surface area contributed by atoms with Crippen LogP contribution in [0.1, 0.15) is 13.3 Å². The van der Waals surface area contributed by atoms with Gasteiger partial charge in [0.2, 0.25) is 0 Å². The van der Waals surface area contributed by atoms with E-state index in [4.69, 9.17) is 16.2 Å². The summed E-state index contributed by atoms with van der Waals surface area (Å²) in [6.45, 7) is 4.81. The van der Waals surface area contributed by atoms with E-state index in [1.165, 1.54) is 13.0 Å². The lowest BCUT2D eigenvalue weighted by Gasteiger charge is -2.22. The first-order chi connectivity index (χ1) is 5.33. The summed E-state index contributed by atoms with van der Waals surface area (Å²) in [7, 11) is -4.52. The summed E-state index contributed by atoms with van der Waals surface area (Å²) in [6.07, 6.45) is 6.66. The average molecular weight is 190 g/mol. The predicted molar refractivity (Wildman–Crippen MR) is 45.2 cm³/mol. The quantitative estimate of drug-likeness (QED) is 0.395. The van der Waals surface area contributed by atoms with E-state index in [0.717, 1.165) is 0 Å². The summed E-state index contributed by atoms with van der Waals surface area (Å²) in [5.74, 6) is 2.15. The fourth-order valence-electron chi connectivity index (χ4n) is 0.660. The molecule has 0 aliphatic carbocycles. The molecule has 0 rings (SSSR count). The molecule has 0 heterocycles. The molecule has 1 unspecified atom stereocenters. The Morgan fingerprint density at radius 1 is 1.83 bits per heavy atom. The monoisotopic (exact) mass is 190 g/mol. The minimum Gasteiger partial charge on any atom is -0.303 e. The molecular weight excluding hydrogens is 179 g/mol. The Hall–Kier alpha value is -0.590. The summed E-state index contributed by atoms with van der Waals surface area (Å²) in [5.41, 5.74) is -1.28. The van der Waals surface area contributed by atoms with Crippen LogP contribution in [0, 0.1) is 12.3 Å². The van der Waals surface area contributed by atoms with Gasteiger partial charge >= 0.3 is 7.82 Å². The van der Waals surface area contributed by atoms with Crippen molar-refractivity contribution in [2.75, 3.05) is 0 Å². The molecule has 0 aromatic rings. The van der Waals surface area contributed by atoms with Crippen molar-refractivity contribution in [3.8, 4) is 12.3 Å². The third-order valence-electron chi connectivity index (χ3n) is 1.16. The van der Waals surface area contributed by atoms with Crippen molar-refractivity contribution in [2.24, 2.45) is 0 Å². The van der Waals surface area contributed by atoms with Gasteiger partial charge in [-0.25, -0.2) is 4.57 Å². The van der Waals surface area contributed by atoms with Gasteiger partial charge in [-0.15, -0.1) is 13.0 Å². The highest BCUT2D eigenvalue weighted by atomic mass is 31.2. The summed E-state index contributed by atoms with van der Waals surface area (Å²) in [4.78, 5) is 16.9. The maximum atomic E-state index is 10.4. The molecule has 0 aliphatic heterocycles. The zero-order chi connectivity index (χ0) is 9.83. The fraction of sp³-hybridized carbons (Fsp3) is 0.429. The molecule has 0 bridgehead atoms. The molecule has 68 valence electrons. The molecule has 2 N–H and O–H groups in total. The van der Waals surface area contributed by atoms with Crippen LogP contribution in [-0.4, -0.2) is 15.4 Å². The van der Waals surface area contributed by atoms with E-state index in [-0.39, 0.29) is 6.42 Å². The van der Waals surface area contributed by atoms with E-state index in [2.05, 4.69) is 17.0 Å². The lowest BCUT2D eigenvalue weighted by molar-refractivity contribution is 0.0986. The summed E-state index contributed by atoms with van der Waals surface area (Å²) in [6, 6.07) is 0. The van der Waals surface area contributed by atoms with Crippen LogP contribution in [0.25, 0.3) is 0 Å². The highest BCUT2D eigenvalue weighted by Gasteiger charge is 2.30. The third-order valence-corrected chi connectivity index (χ3v) is 1.80. The number of hydrogen-bond acceptors (Lipinski definition) is 2. The summed E-state index contributed by atoms with van der Waals surface area (Å²) < 4.78 is 14.8. The molecule has 0 aliphatic rings. The number of phosphoric ester groups is 1. The van der Waals surface area contributed by atoms with Crippen LogP contribution in [0.4, 0.5) is 0 Å². The Bertz CT molecular complexity index is 249. The smallest absolute Gasteiger partial charge is 0.303 e. The van der Waals surface area contributed by atoms with Gasteiger partial charge in [0.25, 0.3) is 0 Å². The van der Waals surface area contributed by atoms with E-state index >= 15 is 0 Å². The van der Waals surface area contributed by atoms with Crippen molar-refractivity contribution >= 4 is 7.82 Å². The second kappa shape index (κ2) is 3.88. The number of hydrogen-bond donors (Lipinski definition) is 2. The second-order valence-corrected chi connectivity index (χ2v) is 3.61. The standard InChI is InChI=1S/C7H11O4P/c1-4-6-7(3,5-2)11-12(8,9)10/h2,4H,1,6H2,3H3,(H2,8,9,10). The van der Waals surface area contributed by atoms with Crippen LogP contribution in [-0.2, 0) is 9.09 Å². The largest absolute Gasteiger partial charge is 0.471 e. The first kappa shape index (κ1) is 11.4. The van der Waals surface area contributed by atoms with Gasteiger partial charge in [0, 0.05) is 6.42 Å². The molecule has 12 heavy (non-hydrogen) atoms. The van der Waals surface area contributed by atoms with Crippen LogP contribution in [0.3, 0.4) is 0 Å². The first-order valence-electron chi connectivity index (χ1n) is 3.18. The molecule has 0 aromatic heterocycles. The van der Waals surface area contributed by atoms with Gasteiger partial charge in [-0.1, -0.05) is 12.0 Å². The van der Waals surface area contributed by atoms with Crippen molar-refractivity contribution in [1.29, 1.82) is 0 Å². The lowest BCUT2D eigenvalue weighted by atomic mass is 10.0. The molecule has 0 saturated carbocycles. The fourth-order valence-corrected chi connectivity index (χ4v) is 1.31. The van der Waals surface area contributed by atoms with Crippen LogP contribution in [0.2, 0.25) is 0 Å². The average Bonchev–Trinajstić information content (AvgIpc) is 1.84. The minimum absolute atomic E-state index is 0.189. The maximum Gasteiger partial charge on any atom is 0.471 e. The SMILES string of the molecule is C#CC(C)(CC=C)OP(=O)(O)O. The van der Waals surface area contributed by atoms with Crippen molar-refractivity contribution < 1.29 is 18.9 Å². The van der Waals surface area contributed by atoms with Crippen molar-refractivity contribution in [3.05, 3.63) is 12.7 Å². The molecule has 0 spiro atoms. The molecule has 0 amide bonds. The van der Waals surface area contributed by atoms with Crippen LogP contribution in [0.15, 0.2) is 12.7 Å². The molecule has 0 radical (unpaired) electrons. The zero-order valence-electron chi connectivity index (χ0n) is 6.73. The van der Waals surface area contributed by atoms with E-state index in [9.17, 15) is 4.57 Å². The van der Waals surface area contributed by atoms with Crippen molar-refractivity contribution in [1.82, 2.24) is 0 Å². The van der Waals surface area contributed by atoms with Gasteiger partial charge in [0.05, 0.1) is 0 Å². The van der Waals surface area contributed by atoms with Gasteiger partial charge < -0.3 is 9.79 Å². The van der Waals surface area contributed by atoms with Crippen LogP contribution in [0.5, 0.6) is 0 Å². The van der Waals surface area contributed by atoms with E-state index in [0.29, 0.717) is 0 Å². The molecule has 0 aromatic carbocycles. The van der Waals surface area contributed by atoms with Crippen molar-refractivity contribution in [2.45, 2.75) is 18.9 Å². The Morgan fingerprint density at radius 2 is 2.33 bits per heavy atom. The number of phosphoric acid groups is 1. The first-order valence-corrected chi connectivity index (χ1v) is 4.71. The van der Waals surface area contributed by atoms with E-state index < -0.39 is 13.4 Å². The normalized spacial score (nSPS) is 16.2. The molecular formula is C7H11O4P. The molecule has 5 heteroatoms. The summed E-state index contributed by atoms with van der Waals surface area (Å²) in [5, 5.41) is 0. The molecule has 1 atom stereocenters. The molecule has 4 nitrogen and oxygen atoms in total. The van der Waals surface area contributed by atoms with Gasteiger partial charge in [-0.05, 0) is 6.92 Å².